The molecule has 2 aromatic rings. The summed E-state index contributed by atoms with van der Waals surface area (Å²) in [6.07, 6.45) is 2.15. The number of hydrogen-bond donors (Lipinski definition) is 3. The van der Waals surface area contributed by atoms with E-state index in [0.29, 0.717) is 36.2 Å². The van der Waals surface area contributed by atoms with Crippen LogP contribution in [-0.2, 0) is 33.4 Å². The number of nitrogens with zero attached hydrogens (tertiary/aromatic N) is 2. The van der Waals surface area contributed by atoms with Gasteiger partial charge in [-0.15, -0.1) is 0 Å². The standard InChI is InChI=1S/C31H37N5O8/c1-17(2)25-27(38)33-19(4)28(39)36-13-5-6-23(35-36)26(37)32-18(3)22-10-9-21-8-7-20(14-24(21)34-22)11-12-31(29(40)44-25)15-42-30(41)43-16-31/h7-12,14,17-19,23,25,35H,5-6,13,15-16H2,1-4H3,(H,32,37)(H,33,38)/b12-11+/t18-,19+,23+,25?/m1/s1. The lowest BCUT2D eigenvalue weighted by Crippen LogP contribution is -2.61. The van der Waals surface area contributed by atoms with Gasteiger partial charge in [0.05, 0.1) is 17.3 Å². The minimum Gasteiger partial charge on any atom is -0.451 e. The van der Waals surface area contributed by atoms with E-state index in [0.717, 1.165) is 5.39 Å². The Morgan fingerprint density at radius 3 is 2.39 bits per heavy atom. The first kappa shape index (κ1) is 30.9. The number of aromatic nitrogens is 1. The summed E-state index contributed by atoms with van der Waals surface area (Å²) in [5.74, 6) is -2.66. The zero-order valence-corrected chi connectivity index (χ0v) is 25.1. The highest BCUT2D eigenvalue weighted by Gasteiger charge is 2.46. The van der Waals surface area contributed by atoms with Gasteiger partial charge in [0.25, 0.3) is 11.8 Å². The number of ether oxygens (including phenoxy) is 3. The molecule has 0 aliphatic carbocycles. The van der Waals surface area contributed by atoms with Crippen molar-refractivity contribution < 1.29 is 38.2 Å². The fourth-order valence-electron chi connectivity index (χ4n) is 5.33. The van der Waals surface area contributed by atoms with Crippen molar-refractivity contribution in [1.82, 2.24) is 26.1 Å². The summed E-state index contributed by atoms with van der Waals surface area (Å²) in [6.45, 7) is 6.42. The molecule has 3 aliphatic rings. The van der Waals surface area contributed by atoms with E-state index in [2.05, 4.69) is 16.1 Å². The predicted molar refractivity (Wildman–Crippen MR) is 157 cm³/mol. The third kappa shape index (κ3) is 6.52. The number of nitrogens with one attached hydrogen (secondary N) is 3. The number of cyclic esters (lactones) is 3. The Labute approximate surface area is 254 Å². The number of benzene rings is 1. The van der Waals surface area contributed by atoms with Gasteiger partial charge in [-0.05, 0) is 50.3 Å². The number of fused-ring (bicyclic) bond motifs is 4. The molecule has 3 amide bonds. The lowest BCUT2D eigenvalue weighted by Gasteiger charge is -2.35. The molecule has 13 heteroatoms. The summed E-state index contributed by atoms with van der Waals surface area (Å²) in [7, 11) is 0. The number of hydrazine groups is 1. The van der Waals surface area contributed by atoms with E-state index in [9.17, 15) is 24.0 Å². The molecule has 1 aromatic heterocycles. The van der Waals surface area contributed by atoms with Crippen LogP contribution in [0.3, 0.4) is 0 Å². The quantitative estimate of drug-likeness (QED) is 0.409. The zero-order chi connectivity index (χ0) is 31.6. The van der Waals surface area contributed by atoms with Crippen LogP contribution < -0.4 is 16.1 Å². The van der Waals surface area contributed by atoms with Gasteiger partial charge in [0, 0.05) is 11.9 Å². The molecule has 1 aromatic carbocycles. The smallest absolute Gasteiger partial charge is 0.451 e. The zero-order valence-electron chi connectivity index (χ0n) is 25.1. The number of esters is 1. The molecule has 4 heterocycles. The Morgan fingerprint density at radius 1 is 0.955 bits per heavy atom. The van der Waals surface area contributed by atoms with Gasteiger partial charge < -0.3 is 24.8 Å². The molecule has 1 spiro atoms. The maximum atomic E-state index is 13.7. The molecule has 2 saturated heterocycles. The molecule has 4 atom stereocenters. The third-order valence-corrected chi connectivity index (χ3v) is 8.03. The van der Waals surface area contributed by atoms with Crippen molar-refractivity contribution in [2.75, 3.05) is 19.8 Å². The lowest BCUT2D eigenvalue weighted by atomic mass is 9.88. The van der Waals surface area contributed by atoms with E-state index >= 15 is 0 Å². The maximum absolute atomic E-state index is 13.7. The minimum absolute atomic E-state index is 0.274. The molecule has 5 rings (SSSR count). The molecule has 3 N–H and O–H groups in total. The van der Waals surface area contributed by atoms with Crippen molar-refractivity contribution in [3.8, 4) is 0 Å². The maximum Gasteiger partial charge on any atom is 0.508 e. The van der Waals surface area contributed by atoms with Crippen molar-refractivity contribution in [1.29, 1.82) is 0 Å². The van der Waals surface area contributed by atoms with Crippen LogP contribution in [0.4, 0.5) is 4.79 Å². The van der Waals surface area contributed by atoms with Crippen molar-refractivity contribution >= 4 is 46.8 Å². The summed E-state index contributed by atoms with van der Waals surface area (Å²) in [4.78, 5) is 70.0. The van der Waals surface area contributed by atoms with Gasteiger partial charge in [0.15, 0.2) is 11.5 Å². The summed E-state index contributed by atoms with van der Waals surface area (Å²) in [6, 6.07) is 7.25. The molecule has 5 bridgehead atoms. The third-order valence-electron chi connectivity index (χ3n) is 8.03. The second-order valence-corrected chi connectivity index (χ2v) is 11.8. The monoisotopic (exact) mass is 607 g/mol. The molecule has 2 fully saturated rings. The SMILES string of the molecule is CC(C)C1OC(=O)C2(/C=C/c3ccc4ccc(nc4c3)[C@@H](C)NC(=O)[C@@H]3CCCN(N3)C(=O)[C@H](C)NC1=O)COC(=O)OC2. The van der Waals surface area contributed by atoms with Gasteiger partial charge in [0.2, 0.25) is 5.91 Å². The molecule has 0 radical (unpaired) electrons. The number of carbonyl (C=O) groups excluding carboxylic acids is 5. The average molecular weight is 608 g/mol. The van der Waals surface area contributed by atoms with Gasteiger partial charge in [0.1, 0.15) is 25.3 Å². The number of amides is 3. The van der Waals surface area contributed by atoms with E-state index in [1.165, 1.54) is 11.9 Å². The summed E-state index contributed by atoms with van der Waals surface area (Å²) >= 11 is 0. The number of rotatable bonds is 1. The summed E-state index contributed by atoms with van der Waals surface area (Å²) in [5, 5.41) is 7.85. The van der Waals surface area contributed by atoms with E-state index in [-0.39, 0.29) is 19.1 Å². The Hall–Kier alpha value is -4.52. The fourth-order valence-corrected chi connectivity index (χ4v) is 5.33. The van der Waals surface area contributed by atoms with Crippen LogP contribution in [-0.4, -0.2) is 77.8 Å². The van der Waals surface area contributed by atoms with Crippen LogP contribution >= 0.6 is 0 Å². The van der Waals surface area contributed by atoms with Crippen LogP contribution in [0.25, 0.3) is 17.0 Å². The number of carbonyl (C=O) groups is 5. The minimum atomic E-state index is -1.53. The highest BCUT2D eigenvalue weighted by Crippen LogP contribution is 2.30. The van der Waals surface area contributed by atoms with Gasteiger partial charge >= 0.3 is 12.1 Å². The van der Waals surface area contributed by atoms with Crippen molar-refractivity contribution in [2.24, 2.45) is 11.3 Å². The number of pyridine rings is 1. The van der Waals surface area contributed by atoms with Gasteiger partial charge in [-0.1, -0.05) is 44.2 Å². The first-order valence-corrected chi connectivity index (χ1v) is 14.7. The van der Waals surface area contributed by atoms with Crippen LogP contribution in [0.5, 0.6) is 0 Å². The molecular weight excluding hydrogens is 570 g/mol. The van der Waals surface area contributed by atoms with Gasteiger partial charge in [-0.25, -0.2) is 10.2 Å². The highest BCUT2D eigenvalue weighted by molar-refractivity contribution is 5.92. The highest BCUT2D eigenvalue weighted by atomic mass is 16.7. The Kier molecular flexibility index (Phi) is 8.86. The fraction of sp³-hybridized carbons (Fsp3) is 0.484. The van der Waals surface area contributed by atoms with Crippen LogP contribution in [0.2, 0.25) is 0 Å². The first-order chi connectivity index (χ1) is 21.0. The second-order valence-electron chi connectivity index (χ2n) is 11.8. The van der Waals surface area contributed by atoms with E-state index in [1.807, 2.05) is 37.3 Å². The molecule has 44 heavy (non-hydrogen) atoms. The van der Waals surface area contributed by atoms with E-state index in [4.69, 9.17) is 19.2 Å². The Morgan fingerprint density at radius 2 is 1.66 bits per heavy atom. The van der Waals surface area contributed by atoms with Gasteiger partial charge in [-0.2, -0.15) is 0 Å². The van der Waals surface area contributed by atoms with Crippen molar-refractivity contribution in [2.45, 2.75) is 64.8 Å². The Balaban J connectivity index is 1.53. The largest absolute Gasteiger partial charge is 0.508 e. The van der Waals surface area contributed by atoms with E-state index in [1.54, 1.807) is 26.0 Å². The molecule has 3 aliphatic heterocycles. The number of hydrogen-bond acceptors (Lipinski definition) is 10. The summed E-state index contributed by atoms with van der Waals surface area (Å²) in [5.41, 5.74) is 3.47. The molecular formula is C31H37N5O8. The molecule has 234 valence electrons. The normalized spacial score (nSPS) is 27.3. The molecule has 0 saturated carbocycles. The van der Waals surface area contributed by atoms with E-state index < -0.39 is 59.5 Å². The van der Waals surface area contributed by atoms with Gasteiger partial charge in [-0.3, -0.25) is 29.2 Å². The summed E-state index contributed by atoms with van der Waals surface area (Å²) < 4.78 is 15.9. The molecule has 13 nitrogen and oxygen atoms in total. The Bertz CT molecular complexity index is 1500. The van der Waals surface area contributed by atoms with Crippen LogP contribution in [0.1, 0.15) is 57.8 Å². The van der Waals surface area contributed by atoms with Crippen LogP contribution in [0.15, 0.2) is 36.4 Å². The van der Waals surface area contributed by atoms with Crippen LogP contribution in [0, 0.1) is 11.3 Å². The predicted octanol–water partition coefficient (Wildman–Crippen LogP) is 2.16. The first-order valence-electron chi connectivity index (χ1n) is 14.7. The average Bonchev–Trinajstić information content (AvgIpc) is 3.01. The van der Waals surface area contributed by atoms with Crippen molar-refractivity contribution in [3.05, 3.63) is 47.7 Å². The van der Waals surface area contributed by atoms with Crippen molar-refractivity contribution in [3.63, 3.8) is 0 Å². The lowest BCUT2D eigenvalue weighted by molar-refractivity contribution is -0.174. The topological polar surface area (TPSA) is 165 Å². The second kappa shape index (κ2) is 12.6. The molecule has 1 unspecified atom stereocenters.